The van der Waals surface area contributed by atoms with Gasteiger partial charge in [0.05, 0.1) is 12.4 Å². The molecule has 0 radical (unpaired) electrons. The number of rotatable bonds is 7. The van der Waals surface area contributed by atoms with Gasteiger partial charge < -0.3 is 10.2 Å². The average Bonchev–Trinajstić information content (AvgIpc) is 2.44. The van der Waals surface area contributed by atoms with Crippen molar-refractivity contribution in [2.75, 3.05) is 25.0 Å². The van der Waals surface area contributed by atoms with E-state index in [9.17, 15) is 4.79 Å². The van der Waals surface area contributed by atoms with Gasteiger partial charge in [0.25, 0.3) is 5.91 Å². The van der Waals surface area contributed by atoms with Crippen molar-refractivity contribution in [1.82, 2.24) is 14.9 Å². The first kappa shape index (κ1) is 14.8. The second kappa shape index (κ2) is 7.22. The van der Waals surface area contributed by atoms with Crippen molar-refractivity contribution in [3.63, 3.8) is 0 Å². The third-order valence-corrected chi connectivity index (χ3v) is 3.80. The van der Waals surface area contributed by atoms with Crippen LogP contribution in [0.25, 0.3) is 0 Å². The highest BCUT2D eigenvalue weighted by Crippen LogP contribution is 2.27. The van der Waals surface area contributed by atoms with E-state index in [1.807, 2.05) is 11.8 Å². The molecule has 5 heteroatoms. The number of amides is 1. The number of anilines is 1. The van der Waals surface area contributed by atoms with Gasteiger partial charge in [0.1, 0.15) is 11.5 Å². The lowest BCUT2D eigenvalue weighted by molar-refractivity contribution is 0.0700. The zero-order chi connectivity index (χ0) is 14.4. The maximum absolute atomic E-state index is 12.4. The molecule has 0 spiro atoms. The van der Waals surface area contributed by atoms with Gasteiger partial charge in [-0.25, -0.2) is 9.97 Å². The van der Waals surface area contributed by atoms with Gasteiger partial charge >= 0.3 is 0 Å². The first-order valence-electron chi connectivity index (χ1n) is 7.59. The third kappa shape index (κ3) is 3.68. The average molecular weight is 276 g/mol. The van der Waals surface area contributed by atoms with Crippen LogP contribution in [-0.2, 0) is 0 Å². The first-order valence-corrected chi connectivity index (χ1v) is 7.59. The van der Waals surface area contributed by atoms with E-state index < -0.39 is 0 Å². The summed E-state index contributed by atoms with van der Waals surface area (Å²) in [6.07, 6.45) is 8.04. The van der Waals surface area contributed by atoms with Crippen molar-refractivity contribution < 1.29 is 4.79 Å². The summed E-state index contributed by atoms with van der Waals surface area (Å²) in [5.74, 6) is 1.40. The predicted octanol–water partition coefficient (Wildman–Crippen LogP) is 2.56. The van der Waals surface area contributed by atoms with E-state index in [1.54, 1.807) is 12.4 Å². The Morgan fingerprint density at radius 1 is 1.35 bits per heavy atom. The molecule has 1 aliphatic rings. The van der Waals surface area contributed by atoms with Gasteiger partial charge in [0.2, 0.25) is 0 Å². The van der Waals surface area contributed by atoms with Gasteiger partial charge in [-0.15, -0.1) is 0 Å². The summed E-state index contributed by atoms with van der Waals surface area (Å²) in [7, 11) is 0. The largest absolute Gasteiger partial charge is 0.369 e. The molecule has 5 nitrogen and oxygen atoms in total. The van der Waals surface area contributed by atoms with Crippen molar-refractivity contribution in [3.8, 4) is 0 Å². The molecule has 1 saturated carbocycles. The van der Waals surface area contributed by atoms with Crippen LogP contribution in [0.1, 0.15) is 50.0 Å². The number of hydrogen-bond donors (Lipinski definition) is 1. The third-order valence-electron chi connectivity index (χ3n) is 3.80. The molecule has 110 valence electrons. The molecule has 1 N–H and O–H groups in total. The van der Waals surface area contributed by atoms with Crippen molar-refractivity contribution in [2.45, 2.75) is 39.5 Å². The van der Waals surface area contributed by atoms with Crippen LogP contribution in [-0.4, -0.2) is 40.4 Å². The Bertz CT molecular complexity index is 428. The second-order valence-corrected chi connectivity index (χ2v) is 5.35. The molecule has 0 bridgehead atoms. The quantitative estimate of drug-likeness (QED) is 0.831. The number of carbonyl (C=O) groups excluding carboxylic acids is 1. The van der Waals surface area contributed by atoms with Crippen LogP contribution in [0.2, 0.25) is 0 Å². The van der Waals surface area contributed by atoms with Gasteiger partial charge in [-0.1, -0.05) is 13.3 Å². The Hall–Kier alpha value is -1.65. The van der Waals surface area contributed by atoms with E-state index in [-0.39, 0.29) is 5.91 Å². The van der Waals surface area contributed by atoms with Gasteiger partial charge in [-0.2, -0.15) is 0 Å². The Balaban J connectivity index is 1.95. The molecule has 1 aliphatic carbocycles. The summed E-state index contributed by atoms with van der Waals surface area (Å²) >= 11 is 0. The Morgan fingerprint density at radius 3 is 2.65 bits per heavy atom. The molecular weight excluding hydrogens is 252 g/mol. The molecule has 1 aromatic heterocycles. The summed E-state index contributed by atoms with van der Waals surface area (Å²) in [6, 6.07) is 0. The maximum atomic E-state index is 12.4. The Kier molecular flexibility index (Phi) is 5.32. The lowest BCUT2D eigenvalue weighted by atomic mass is 9.85. The minimum absolute atomic E-state index is 0.00561. The fourth-order valence-electron chi connectivity index (χ4n) is 2.29. The normalized spacial score (nSPS) is 14.7. The van der Waals surface area contributed by atoms with Crippen molar-refractivity contribution >= 4 is 11.7 Å². The number of nitrogens with zero attached hydrogens (tertiary/aromatic N) is 3. The van der Waals surface area contributed by atoms with Gasteiger partial charge in [-0.3, -0.25) is 4.79 Å². The van der Waals surface area contributed by atoms with Gasteiger partial charge in [-0.05, 0) is 32.1 Å². The summed E-state index contributed by atoms with van der Waals surface area (Å²) < 4.78 is 0. The van der Waals surface area contributed by atoms with E-state index in [0.717, 1.165) is 31.9 Å². The van der Waals surface area contributed by atoms with E-state index in [2.05, 4.69) is 22.2 Å². The fraction of sp³-hybridized carbons (Fsp3) is 0.667. The minimum Gasteiger partial charge on any atom is -0.369 e. The number of carbonyl (C=O) groups is 1. The van der Waals surface area contributed by atoms with Crippen molar-refractivity contribution in [3.05, 3.63) is 18.1 Å². The van der Waals surface area contributed by atoms with Gasteiger partial charge in [0.15, 0.2) is 0 Å². The standard InChI is InChI=1S/C15H24N4O/c1-3-8-16-14-10-17-13(9-18-14)15(20)19(4-2)11-12-6-5-7-12/h9-10,12H,3-8,11H2,1-2H3,(H,16,18). The molecule has 1 amide bonds. The van der Waals surface area contributed by atoms with E-state index in [4.69, 9.17) is 0 Å². The molecule has 1 aromatic rings. The van der Waals surface area contributed by atoms with Crippen LogP contribution in [0.3, 0.4) is 0 Å². The Morgan fingerprint density at radius 2 is 2.15 bits per heavy atom. The maximum Gasteiger partial charge on any atom is 0.274 e. The molecule has 2 rings (SSSR count). The molecule has 0 aliphatic heterocycles. The molecule has 0 unspecified atom stereocenters. The molecule has 1 heterocycles. The van der Waals surface area contributed by atoms with Crippen molar-refractivity contribution in [1.29, 1.82) is 0 Å². The van der Waals surface area contributed by atoms with Gasteiger partial charge in [0, 0.05) is 19.6 Å². The van der Waals surface area contributed by atoms with Crippen molar-refractivity contribution in [2.24, 2.45) is 5.92 Å². The van der Waals surface area contributed by atoms with E-state index >= 15 is 0 Å². The first-order chi connectivity index (χ1) is 9.74. The van der Waals surface area contributed by atoms with E-state index in [1.165, 1.54) is 19.3 Å². The van der Waals surface area contributed by atoms with E-state index in [0.29, 0.717) is 11.6 Å². The molecule has 20 heavy (non-hydrogen) atoms. The monoisotopic (exact) mass is 276 g/mol. The highest BCUT2D eigenvalue weighted by atomic mass is 16.2. The predicted molar refractivity (Wildman–Crippen MR) is 79.7 cm³/mol. The van der Waals surface area contributed by atoms with Crippen LogP contribution in [0, 0.1) is 5.92 Å². The number of hydrogen-bond acceptors (Lipinski definition) is 4. The molecule has 0 aromatic carbocycles. The lowest BCUT2D eigenvalue weighted by Gasteiger charge is -2.31. The van der Waals surface area contributed by atoms with Crippen LogP contribution < -0.4 is 5.32 Å². The highest BCUT2D eigenvalue weighted by molar-refractivity contribution is 5.92. The molecular formula is C15H24N4O. The summed E-state index contributed by atoms with van der Waals surface area (Å²) in [6.45, 7) is 6.56. The molecule has 0 saturated heterocycles. The van der Waals surface area contributed by atoms with Crippen LogP contribution in [0.5, 0.6) is 0 Å². The summed E-state index contributed by atoms with van der Waals surface area (Å²) in [5.41, 5.74) is 0.438. The zero-order valence-corrected chi connectivity index (χ0v) is 12.4. The van der Waals surface area contributed by atoms with Crippen LogP contribution >= 0.6 is 0 Å². The second-order valence-electron chi connectivity index (χ2n) is 5.35. The fourth-order valence-corrected chi connectivity index (χ4v) is 2.29. The Labute approximate surface area is 120 Å². The molecule has 1 fully saturated rings. The van der Waals surface area contributed by atoms with Crippen LogP contribution in [0.4, 0.5) is 5.82 Å². The zero-order valence-electron chi connectivity index (χ0n) is 12.4. The highest BCUT2D eigenvalue weighted by Gasteiger charge is 2.24. The smallest absolute Gasteiger partial charge is 0.274 e. The number of aromatic nitrogens is 2. The number of nitrogens with one attached hydrogen (secondary N) is 1. The lowest BCUT2D eigenvalue weighted by Crippen LogP contribution is -2.37. The van der Waals surface area contributed by atoms with Crippen LogP contribution in [0.15, 0.2) is 12.4 Å². The minimum atomic E-state index is -0.00561. The topological polar surface area (TPSA) is 58.1 Å². The SMILES string of the molecule is CCCNc1cnc(C(=O)N(CC)CC2CCC2)cn1. The summed E-state index contributed by atoms with van der Waals surface area (Å²) in [5, 5.41) is 3.16. The molecule has 0 atom stereocenters. The summed E-state index contributed by atoms with van der Waals surface area (Å²) in [4.78, 5) is 22.7.